The van der Waals surface area contributed by atoms with Crippen LogP contribution < -0.4 is 0 Å². The molecule has 0 aromatic carbocycles. The molecule has 0 spiro atoms. The Hall–Kier alpha value is -0.790. The molecule has 0 aliphatic heterocycles. The Labute approximate surface area is 150 Å². The normalized spacial score (nSPS) is 12.2. The molecule has 0 radical (unpaired) electrons. The summed E-state index contributed by atoms with van der Waals surface area (Å²) >= 11 is 1.15. The number of ether oxygens (including phenoxy) is 2. The molecule has 0 bridgehead atoms. The van der Waals surface area contributed by atoms with Gasteiger partial charge in [-0.15, -0.1) is 0 Å². The molecule has 0 aromatic heterocycles. The highest BCUT2D eigenvalue weighted by Crippen LogP contribution is 2.13. The summed E-state index contributed by atoms with van der Waals surface area (Å²) in [5, 5.41) is 0. The van der Waals surface area contributed by atoms with Gasteiger partial charge in [0.25, 0.3) is 0 Å². The summed E-state index contributed by atoms with van der Waals surface area (Å²) in [7, 11) is 0. The summed E-state index contributed by atoms with van der Waals surface area (Å²) in [6, 6.07) is 0. The second-order valence-electron chi connectivity index (χ2n) is 5.90. The minimum atomic E-state index is -0.485. The van der Waals surface area contributed by atoms with E-state index in [4.69, 9.17) is 18.7 Å². The quantitative estimate of drug-likeness (QED) is 0.143. The molecule has 0 fully saturated rings. The van der Waals surface area contributed by atoms with Gasteiger partial charge in [0.1, 0.15) is 0 Å². The van der Waals surface area contributed by atoms with Crippen LogP contribution in [0.25, 0.3) is 0 Å². The van der Waals surface area contributed by atoms with E-state index in [2.05, 4.69) is 13.8 Å². The molecule has 0 aromatic rings. The highest BCUT2D eigenvalue weighted by molar-refractivity contribution is 7.94. The van der Waals surface area contributed by atoms with Crippen LogP contribution in [0, 0.1) is 5.92 Å². The van der Waals surface area contributed by atoms with E-state index in [0.717, 1.165) is 37.7 Å². The third kappa shape index (κ3) is 14.8. The summed E-state index contributed by atoms with van der Waals surface area (Å²) in [5.41, 5.74) is 0. The van der Waals surface area contributed by atoms with Gasteiger partial charge in [-0.25, -0.2) is 9.68 Å². The second kappa shape index (κ2) is 15.7. The molecule has 0 saturated heterocycles. The van der Waals surface area contributed by atoms with Crippen molar-refractivity contribution in [1.29, 1.82) is 0 Å². The van der Waals surface area contributed by atoms with Gasteiger partial charge in [-0.2, -0.15) is 4.33 Å². The fraction of sp³-hybridized carbons (Fsp3) is 0.882. The number of carbonyl (C=O) groups excluding carboxylic acids is 2. The maximum absolute atomic E-state index is 11.6. The van der Waals surface area contributed by atoms with Gasteiger partial charge in [0.15, 0.2) is 6.61 Å². The second-order valence-corrected chi connectivity index (χ2v) is 6.68. The topological polar surface area (TPSA) is 71.1 Å². The molecule has 0 aliphatic carbocycles. The van der Waals surface area contributed by atoms with E-state index < -0.39 is 11.9 Å². The molecule has 1 atom stereocenters. The standard InChI is InChI=1S/C17H32O6S/c1-5-7-9-15(6-2)12-20-17(19)13-21-16(18)10-8-11-24-23-22-14(3)4/h14-15H,5-13H2,1-4H3. The van der Waals surface area contributed by atoms with Crippen molar-refractivity contribution < 1.29 is 28.3 Å². The molecule has 6 nitrogen and oxygen atoms in total. The first-order chi connectivity index (χ1) is 11.5. The van der Waals surface area contributed by atoms with Gasteiger partial charge in [-0.05, 0) is 32.6 Å². The summed E-state index contributed by atoms with van der Waals surface area (Å²) in [5.74, 6) is 0.105. The summed E-state index contributed by atoms with van der Waals surface area (Å²) in [4.78, 5) is 28.0. The Morgan fingerprint density at radius 1 is 1.04 bits per heavy atom. The van der Waals surface area contributed by atoms with Gasteiger partial charge >= 0.3 is 11.9 Å². The van der Waals surface area contributed by atoms with Crippen LogP contribution in [-0.2, 0) is 28.3 Å². The number of carbonyl (C=O) groups is 2. The maximum Gasteiger partial charge on any atom is 0.344 e. The van der Waals surface area contributed by atoms with Gasteiger partial charge < -0.3 is 9.47 Å². The van der Waals surface area contributed by atoms with Gasteiger partial charge in [-0.3, -0.25) is 4.79 Å². The summed E-state index contributed by atoms with van der Waals surface area (Å²) in [6.07, 6.45) is 5.13. The molecular formula is C17H32O6S. The number of hydrogen-bond acceptors (Lipinski definition) is 7. The van der Waals surface area contributed by atoms with Crippen molar-refractivity contribution >= 4 is 24.0 Å². The van der Waals surface area contributed by atoms with Crippen molar-refractivity contribution in [2.75, 3.05) is 19.0 Å². The molecule has 7 heteroatoms. The highest BCUT2D eigenvalue weighted by atomic mass is 32.2. The Balaban J connectivity index is 3.62. The SMILES string of the molecule is CCCCC(CC)COC(=O)COC(=O)CCCSOOC(C)C. The minimum Gasteiger partial charge on any atom is -0.463 e. The Kier molecular flexibility index (Phi) is 15.2. The largest absolute Gasteiger partial charge is 0.463 e. The lowest BCUT2D eigenvalue weighted by Crippen LogP contribution is -2.20. The van der Waals surface area contributed by atoms with Crippen molar-refractivity contribution in [1.82, 2.24) is 0 Å². The van der Waals surface area contributed by atoms with Gasteiger partial charge in [0.2, 0.25) is 0 Å². The lowest BCUT2D eigenvalue weighted by Gasteiger charge is -2.14. The maximum atomic E-state index is 11.6. The van der Waals surface area contributed by atoms with Gasteiger partial charge in [0.05, 0.1) is 12.7 Å². The molecular weight excluding hydrogens is 332 g/mol. The molecule has 0 aliphatic rings. The number of rotatable bonds is 15. The fourth-order valence-electron chi connectivity index (χ4n) is 1.78. The van der Waals surface area contributed by atoms with Crippen LogP contribution in [0.1, 0.15) is 66.2 Å². The summed E-state index contributed by atoms with van der Waals surface area (Å²) < 4.78 is 14.9. The minimum absolute atomic E-state index is 0.00255. The third-order valence-corrected chi connectivity index (χ3v) is 3.89. The third-order valence-electron chi connectivity index (χ3n) is 3.26. The zero-order valence-corrected chi connectivity index (χ0v) is 16.2. The van der Waals surface area contributed by atoms with Crippen molar-refractivity contribution in [3.05, 3.63) is 0 Å². The van der Waals surface area contributed by atoms with E-state index in [1.54, 1.807) is 0 Å². The zero-order chi connectivity index (χ0) is 18.2. The van der Waals surface area contributed by atoms with Gasteiger partial charge in [-0.1, -0.05) is 33.1 Å². The van der Waals surface area contributed by atoms with Crippen LogP contribution in [-0.4, -0.2) is 37.0 Å². The zero-order valence-electron chi connectivity index (χ0n) is 15.4. The van der Waals surface area contributed by atoms with Crippen LogP contribution in [0.2, 0.25) is 0 Å². The van der Waals surface area contributed by atoms with Crippen molar-refractivity contribution in [3.8, 4) is 0 Å². The first-order valence-corrected chi connectivity index (χ1v) is 9.66. The van der Waals surface area contributed by atoms with Gasteiger partial charge in [0, 0.05) is 24.2 Å². The van der Waals surface area contributed by atoms with E-state index in [1.165, 1.54) is 0 Å². The van der Waals surface area contributed by atoms with Crippen molar-refractivity contribution in [2.24, 2.45) is 5.92 Å². The van der Waals surface area contributed by atoms with Crippen molar-refractivity contribution in [3.63, 3.8) is 0 Å². The molecule has 24 heavy (non-hydrogen) atoms. The van der Waals surface area contributed by atoms with E-state index in [-0.39, 0.29) is 19.1 Å². The molecule has 0 N–H and O–H groups in total. The Morgan fingerprint density at radius 3 is 2.42 bits per heavy atom. The molecule has 0 heterocycles. The van der Waals surface area contributed by atoms with E-state index >= 15 is 0 Å². The first-order valence-electron chi connectivity index (χ1n) is 8.75. The average Bonchev–Trinajstić information content (AvgIpc) is 2.56. The predicted octanol–water partition coefficient (Wildman–Crippen LogP) is 4.07. The Morgan fingerprint density at radius 2 is 1.79 bits per heavy atom. The van der Waals surface area contributed by atoms with Crippen LogP contribution in [0.3, 0.4) is 0 Å². The van der Waals surface area contributed by atoms with Crippen molar-refractivity contribution in [2.45, 2.75) is 72.3 Å². The first kappa shape index (κ1) is 23.2. The highest BCUT2D eigenvalue weighted by Gasteiger charge is 2.12. The predicted molar refractivity (Wildman–Crippen MR) is 94.2 cm³/mol. The average molecular weight is 365 g/mol. The molecule has 0 amide bonds. The smallest absolute Gasteiger partial charge is 0.344 e. The van der Waals surface area contributed by atoms with Crippen LogP contribution in [0.5, 0.6) is 0 Å². The number of hydrogen-bond donors (Lipinski definition) is 0. The summed E-state index contributed by atoms with van der Waals surface area (Å²) in [6.45, 7) is 8.04. The number of esters is 2. The van der Waals surface area contributed by atoms with E-state index in [0.29, 0.717) is 24.7 Å². The van der Waals surface area contributed by atoms with Crippen LogP contribution in [0.4, 0.5) is 0 Å². The van der Waals surface area contributed by atoms with E-state index in [9.17, 15) is 9.59 Å². The molecule has 142 valence electrons. The fourth-order valence-corrected chi connectivity index (χ4v) is 2.32. The number of unbranched alkanes of at least 4 members (excludes halogenated alkanes) is 1. The lowest BCUT2D eigenvalue weighted by molar-refractivity contribution is -0.220. The van der Waals surface area contributed by atoms with Crippen LogP contribution in [0.15, 0.2) is 0 Å². The molecule has 0 saturated carbocycles. The molecule has 0 rings (SSSR count). The Bertz CT molecular complexity index is 335. The lowest BCUT2D eigenvalue weighted by atomic mass is 10.0. The monoisotopic (exact) mass is 364 g/mol. The van der Waals surface area contributed by atoms with Crippen LogP contribution >= 0.6 is 12.0 Å². The van der Waals surface area contributed by atoms with E-state index in [1.807, 2.05) is 13.8 Å². The molecule has 1 unspecified atom stereocenters.